The molecule has 0 atom stereocenters. The van der Waals surface area contributed by atoms with E-state index in [1.807, 2.05) is 18.7 Å². The summed E-state index contributed by atoms with van der Waals surface area (Å²) in [7, 11) is 1.97. The molecule has 0 fully saturated rings. The van der Waals surface area contributed by atoms with Gasteiger partial charge in [0, 0.05) is 17.2 Å². The molecule has 1 N–H and O–H groups in total. The van der Waals surface area contributed by atoms with Gasteiger partial charge in [-0.1, -0.05) is 22.9 Å². The first-order chi connectivity index (χ1) is 9.02. The Morgan fingerprint density at radius 2 is 2.05 bits per heavy atom. The SMILES string of the molecule is CCc1cc(Br)ccc1NCc1c(Br)c(C)nn1C. The Balaban J connectivity index is 2.19. The van der Waals surface area contributed by atoms with Gasteiger partial charge in [0.05, 0.1) is 22.4 Å². The van der Waals surface area contributed by atoms with Gasteiger partial charge in [0.15, 0.2) is 0 Å². The summed E-state index contributed by atoms with van der Waals surface area (Å²) < 4.78 is 4.11. The fourth-order valence-electron chi connectivity index (χ4n) is 2.08. The van der Waals surface area contributed by atoms with Crippen molar-refractivity contribution < 1.29 is 0 Å². The maximum atomic E-state index is 4.40. The van der Waals surface area contributed by atoms with Gasteiger partial charge in [0.25, 0.3) is 0 Å². The number of hydrogen-bond acceptors (Lipinski definition) is 2. The van der Waals surface area contributed by atoms with Crippen LogP contribution in [0.15, 0.2) is 27.1 Å². The van der Waals surface area contributed by atoms with Crippen molar-refractivity contribution in [1.82, 2.24) is 9.78 Å². The summed E-state index contributed by atoms with van der Waals surface area (Å²) in [4.78, 5) is 0. The Labute approximate surface area is 130 Å². The molecule has 3 nitrogen and oxygen atoms in total. The highest BCUT2D eigenvalue weighted by atomic mass is 79.9. The van der Waals surface area contributed by atoms with Crippen molar-refractivity contribution in [3.8, 4) is 0 Å². The van der Waals surface area contributed by atoms with Crippen LogP contribution in [-0.4, -0.2) is 9.78 Å². The van der Waals surface area contributed by atoms with Gasteiger partial charge in [-0.05, 0) is 53.0 Å². The fraction of sp³-hybridized carbons (Fsp3) is 0.357. The molecule has 0 spiro atoms. The molecular formula is C14H17Br2N3. The lowest BCUT2D eigenvalue weighted by molar-refractivity contribution is 0.712. The number of nitrogens with zero attached hydrogens (tertiary/aromatic N) is 2. The molecule has 1 aromatic carbocycles. The van der Waals surface area contributed by atoms with E-state index in [4.69, 9.17) is 0 Å². The molecule has 0 bridgehead atoms. The van der Waals surface area contributed by atoms with Crippen molar-refractivity contribution >= 4 is 37.5 Å². The van der Waals surface area contributed by atoms with Gasteiger partial charge >= 0.3 is 0 Å². The third kappa shape index (κ3) is 3.20. The average Bonchev–Trinajstić information content (AvgIpc) is 2.62. The molecule has 1 heterocycles. The molecular weight excluding hydrogens is 370 g/mol. The second-order valence-corrected chi connectivity index (χ2v) is 6.19. The summed E-state index contributed by atoms with van der Waals surface area (Å²) in [5.74, 6) is 0. The fourth-order valence-corrected chi connectivity index (χ4v) is 2.96. The van der Waals surface area contributed by atoms with Crippen molar-refractivity contribution in [2.75, 3.05) is 5.32 Å². The van der Waals surface area contributed by atoms with Crippen LogP contribution < -0.4 is 5.32 Å². The minimum absolute atomic E-state index is 0.757. The van der Waals surface area contributed by atoms with Gasteiger partial charge in [-0.15, -0.1) is 0 Å². The van der Waals surface area contributed by atoms with Crippen LogP contribution in [0.1, 0.15) is 23.9 Å². The van der Waals surface area contributed by atoms with Crippen LogP contribution in [0.5, 0.6) is 0 Å². The van der Waals surface area contributed by atoms with Gasteiger partial charge in [0.2, 0.25) is 0 Å². The first kappa shape index (κ1) is 14.6. The van der Waals surface area contributed by atoms with E-state index in [-0.39, 0.29) is 0 Å². The van der Waals surface area contributed by atoms with Gasteiger partial charge < -0.3 is 5.32 Å². The number of aryl methyl sites for hydroxylation is 3. The molecule has 2 rings (SSSR count). The van der Waals surface area contributed by atoms with Crippen LogP contribution >= 0.6 is 31.9 Å². The number of halogens is 2. The molecule has 0 saturated carbocycles. The first-order valence-electron chi connectivity index (χ1n) is 6.23. The van der Waals surface area contributed by atoms with Gasteiger partial charge in [-0.25, -0.2) is 0 Å². The van der Waals surface area contributed by atoms with E-state index >= 15 is 0 Å². The molecule has 0 aliphatic carbocycles. The summed E-state index contributed by atoms with van der Waals surface area (Å²) >= 11 is 7.10. The maximum absolute atomic E-state index is 4.40. The van der Waals surface area contributed by atoms with Gasteiger partial charge in [-0.3, -0.25) is 4.68 Å². The molecule has 0 saturated heterocycles. The van der Waals surface area contributed by atoms with E-state index in [0.717, 1.165) is 33.3 Å². The van der Waals surface area contributed by atoms with E-state index in [1.54, 1.807) is 0 Å². The lowest BCUT2D eigenvalue weighted by Gasteiger charge is -2.12. The third-order valence-corrected chi connectivity index (χ3v) is 4.68. The molecule has 0 aliphatic heterocycles. The predicted molar refractivity (Wildman–Crippen MR) is 86.5 cm³/mol. The van der Waals surface area contributed by atoms with Crippen molar-refractivity contribution in [1.29, 1.82) is 0 Å². The van der Waals surface area contributed by atoms with Crippen LogP contribution in [0.3, 0.4) is 0 Å². The Bertz CT molecular complexity index is 591. The monoisotopic (exact) mass is 385 g/mol. The molecule has 0 radical (unpaired) electrons. The summed E-state index contributed by atoms with van der Waals surface area (Å²) in [6.07, 6.45) is 1.01. The van der Waals surface area contributed by atoms with E-state index < -0.39 is 0 Å². The molecule has 102 valence electrons. The Morgan fingerprint density at radius 1 is 1.32 bits per heavy atom. The summed E-state index contributed by atoms with van der Waals surface area (Å²) in [6, 6.07) is 6.33. The number of benzene rings is 1. The number of rotatable bonds is 4. The van der Waals surface area contributed by atoms with E-state index in [2.05, 4.69) is 67.4 Å². The third-order valence-electron chi connectivity index (χ3n) is 3.16. The van der Waals surface area contributed by atoms with Crippen LogP contribution in [0.2, 0.25) is 0 Å². The van der Waals surface area contributed by atoms with Crippen molar-refractivity contribution in [3.63, 3.8) is 0 Å². The van der Waals surface area contributed by atoms with E-state index in [0.29, 0.717) is 0 Å². The minimum Gasteiger partial charge on any atom is -0.379 e. The Kier molecular flexibility index (Phi) is 4.68. The quantitative estimate of drug-likeness (QED) is 0.842. The average molecular weight is 387 g/mol. The van der Waals surface area contributed by atoms with Crippen molar-refractivity contribution in [3.05, 3.63) is 44.1 Å². The highest BCUT2D eigenvalue weighted by Crippen LogP contribution is 2.24. The first-order valence-corrected chi connectivity index (χ1v) is 7.81. The molecule has 0 unspecified atom stereocenters. The lowest BCUT2D eigenvalue weighted by atomic mass is 10.1. The number of aromatic nitrogens is 2. The topological polar surface area (TPSA) is 29.9 Å². The van der Waals surface area contributed by atoms with Crippen molar-refractivity contribution in [2.45, 2.75) is 26.8 Å². The zero-order valence-corrected chi connectivity index (χ0v) is 14.5. The van der Waals surface area contributed by atoms with Crippen LogP contribution in [0.4, 0.5) is 5.69 Å². The molecule has 1 aromatic heterocycles. The summed E-state index contributed by atoms with van der Waals surface area (Å²) in [5.41, 5.74) is 4.66. The smallest absolute Gasteiger partial charge is 0.0739 e. The minimum atomic E-state index is 0.757. The van der Waals surface area contributed by atoms with Gasteiger partial charge in [0.1, 0.15) is 0 Å². The lowest BCUT2D eigenvalue weighted by Crippen LogP contribution is -2.07. The van der Waals surface area contributed by atoms with Crippen LogP contribution in [-0.2, 0) is 20.0 Å². The normalized spacial score (nSPS) is 10.8. The second kappa shape index (κ2) is 6.09. The van der Waals surface area contributed by atoms with E-state index in [1.165, 1.54) is 11.3 Å². The largest absolute Gasteiger partial charge is 0.379 e. The van der Waals surface area contributed by atoms with Gasteiger partial charge in [-0.2, -0.15) is 5.10 Å². The van der Waals surface area contributed by atoms with Crippen LogP contribution in [0, 0.1) is 6.92 Å². The predicted octanol–water partition coefficient (Wildman–Crippen LogP) is 4.43. The Morgan fingerprint density at radius 3 is 2.63 bits per heavy atom. The number of nitrogens with one attached hydrogen (secondary N) is 1. The zero-order valence-electron chi connectivity index (χ0n) is 11.3. The highest BCUT2D eigenvalue weighted by Gasteiger charge is 2.10. The number of anilines is 1. The maximum Gasteiger partial charge on any atom is 0.0739 e. The van der Waals surface area contributed by atoms with E-state index in [9.17, 15) is 0 Å². The zero-order chi connectivity index (χ0) is 14.0. The molecule has 5 heteroatoms. The number of hydrogen-bond donors (Lipinski definition) is 1. The molecule has 2 aromatic rings. The molecule has 0 aliphatic rings. The van der Waals surface area contributed by atoms with Crippen molar-refractivity contribution in [2.24, 2.45) is 7.05 Å². The second-order valence-electron chi connectivity index (χ2n) is 4.48. The molecule has 19 heavy (non-hydrogen) atoms. The Hall–Kier alpha value is -0.810. The summed E-state index contributed by atoms with van der Waals surface area (Å²) in [6.45, 7) is 4.92. The molecule has 0 amide bonds. The highest BCUT2D eigenvalue weighted by molar-refractivity contribution is 9.10. The standard InChI is InChI=1S/C14H17Br2N3/c1-4-10-7-11(15)5-6-12(10)17-8-13-14(16)9(2)18-19(13)3/h5-7,17H,4,8H2,1-3H3. The summed E-state index contributed by atoms with van der Waals surface area (Å²) in [5, 5.41) is 7.89. The van der Waals surface area contributed by atoms with Crippen LogP contribution in [0.25, 0.3) is 0 Å².